The highest BCUT2D eigenvalue weighted by atomic mass is 79.9. The molecule has 6 heteroatoms. The Labute approximate surface area is 239 Å². The van der Waals surface area contributed by atoms with Gasteiger partial charge < -0.3 is 10.2 Å². The summed E-state index contributed by atoms with van der Waals surface area (Å²) >= 11 is 5.08. The Morgan fingerprint density at radius 3 is 2.32 bits per heavy atom. The molecule has 0 bridgehead atoms. The Hall–Kier alpha value is -2.57. The van der Waals surface area contributed by atoms with E-state index in [-0.39, 0.29) is 17.9 Å². The van der Waals surface area contributed by atoms with Gasteiger partial charge in [-0.3, -0.25) is 9.59 Å². The van der Waals surface area contributed by atoms with Crippen LogP contribution >= 0.6 is 27.7 Å². The van der Waals surface area contributed by atoms with E-state index in [4.69, 9.17) is 0 Å². The van der Waals surface area contributed by atoms with Crippen LogP contribution in [0.2, 0.25) is 0 Å². The summed E-state index contributed by atoms with van der Waals surface area (Å²) in [6.45, 7) is 2.48. The second-order valence-corrected chi connectivity index (χ2v) is 12.0. The largest absolute Gasteiger partial charge is 0.352 e. The molecule has 3 aromatic carbocycles. The number of hydrogen-bond acceptors (Lipinski definition) is 3. The van der Waals surface area contributed by atoms with Crippen LogP contribution in [0.3, 0.4) is 0 Å². The van der Waals surface area contributed by atoms with Gasteiger partial charge in [-0.2, -0.15) is 0 Å². The number of halogens is 1. The monoisotopic (exact) mass is 592 g/mol. The molecule has 4 rings (SSSR count). The van der Waals surface area contributed by atoms with E-state index < -0.39 is 6.04 Å². The van der Waals surface area contributed by atoms with Crippen molar-refractivity contribution < 1.29 is 9.59 Å². The normalized spacial score (nSPS) is 14.6. The quantitative estimate of drug-likeness (QED) is 0.259. The third-order valence-electron chi connectivity index (χ3n) is 7.23. The molecule has 2 amide bonds. The van der Waals surface area contributed by atoms with Crippen molar-refractivity contribution in [1.82, 2.24) is 10.2 Å². The van der Waals surface area contributed by atoms with Gasteiger partial charge in [-0.15, -0.1) is 11.8 Å². The summed E-state index contributed by atoms with van der Waals surface area (Å²) < 4.78 is 1.04. The fourth-order valence-corrected chi connectivity index (χ4v) is 6.12. The Morgan fingerprint density at radius 1 is 0.921 bits per heavy atom. The molecule has 0 unspecified atom stereocenters. The van der Waals surface area contributed by atoms with E-state index in [2.05, 4.69) is 52.4 Å². The number of aryl methyl sites for hydroxylation is 1. The first-order chi connectivity index (χ1) is 18.5. The Kier molecular flexibility index (Phi) is 10.9. The molecule has 1 fully saturated rings. The number of rotatable bonds is 11. The molecule has 0 aliphatic heterocycles. The molecule has 1 aliphatic rings. The number of thioether (sulfide) groups is 1. The van der Waals surface area contributed by atoms with Crippen LogP contribution < -0.4 is 5.32 Å². The molecule has 38 heavy (non-hydrogen) atoms. The molecule has 0 spiro atoms. The zero-order valence-corrected chi connectivity index (χ0v) is 24.5. The predicted molar refractivity (Wildman–Crippen MR) is 161 cm³/mol. The summed E-state index contributed by atoms with van der Waals surface area (Å²) in [5, 5.41) is 3.32. The first kappa shape index (κ1) is 28.4. The Morgan fingerprint density at radius 2 is 1.61 bits per heavy atom. The summed E-state index contributed by atoms with van der Waals surface area (Å²) in [4.78, 5) is 29.5. The number of nitrogens with one attached hydrogen (secondary N) is 1. The van der Waals surface area contributed by atoms with E-state index in [0.717, 1.165) is 52.6 Å². The molecular formula is C32H37BrN2O2S. The standard InChI is InChI=1S/C32H37BrN2O2S/c1-24-10-8-9-13-27(24)21-35(31(36)23-38-22-26-16-18-28(33)19-17-26)30(20-25-11-4-2-5-12-25)32(37)34-29-14-6-3-7-15-29/h2,4-5,8-13,16-19,29-30H,3,6-7,14-15,20-23H2,1H3,(H,34,37)/t30-/m1/s1. The van der Waals surface area contributed by atoms with Crippen molar-refractivity contribution in [2.75, 3.05) is 5.75 Å². The molecule has 1 aliphatic carbocycles. The molecule has 1 saturated carbocycles. The van der Waals surface area contributed by atoms with Gasteiger partial charge in [0.1, 0.15) is 6.04 Å². The first-order valence-corrected chi connectivity index (χ1v) is 15.4. The van der Waals surface area contributed by atoms with Crippen molar-refractivity contribution in [2.24, 2.45) is 0 Å². The maximum atomic E-state index is 13.8. The predicted octanol–water partition coefficient (Wildman–Crippen LogP) is 7.08. The van der Waals surface area contributed by atoms with Crippen molar-refractivity contribution in [3.63, 3.8) is 0 Å². The first-order valence-electron chi connectivity index (χ1n) is 13.5. The van der Waals surface area contributed by atoms with Crippen molar-refractivity contribution in [2.45, 2.75) is 69.8 Å². The van der Waals surface area contributed by atoms with E-state index >= 15 is 0 Å². The molecule has 1 atom stereocenters. The molecule has 0 heterocycles. The molecule has 0 radical (unpaired) electrons. The van der Waals surface area contributed by atoms with Crippen molar-refractivity contribution >= 4 is 39.5 Å². The highest BCUT2D eigenvalue weighted by Gasteiger charge is 2.32. The number of benzene rings is 3. The molecular weight excluding hydrogens is 556 g/mol. The van der Waals surface area contributed by atoms with Gasteiger partial charge in [0, 0.05) is 29.2 Å². The van der Waals surface area contributed by atoms with Gasteiger partial charge in [0.05, 0.1) is 5.75 Å². The number of hydrogen-bond donors (Lipinski definition) is 1. The fraction of sp³-hybridized carbons (Fsp3) is 0.375. The fourth-order valence-electron chi connectivity index (χ4n) is 4.99. The molecule has 3 aromatic rings. The van der Waals surface area contributed by atoms with Crippen LogP contribution in [0, 0.1) is 6.92 Å². The number of nitrogens with zero attached hydrogens (tertiary/aromatic N) is 1. The number of carbonyl (C=O) groups is 2. The molecule has 0 aromatic heterocycles. The third-order valence-corrected chi connectivity index (χ3v) is 8.75. The lowest BCUT2D eigenvalue weighted by atomic mass is 9.94. The van der Waals surface area contributed by atoms with Crippen molar-refractivity contribution in [3.05, 3.63) is 106 Å². The summed E-state index contributed by atoms with van der Waals surface area (Å²) in [5.74, 6) is 1.02. The number of amides is 2. The minimum Gasteiger partial charge on any atom is -0.352 e. The second-order valence-electron chi connectivity index (χ2n) is 10.1. The van der Waals surface area contributed by atoms with Crippen molar-refractivity contribution in [3.8, 4) is 0 Å². The van der Waals surface area contributed by atoms with Gasteiger partial charge in [-0.1, -0.05) is 102 Å². The molecule has 0 saturated heterocycles. The minimum atomic E-state index is -0.570. The maximum Gasteiger partial charge on any atom is 0.243 e. The van der Waals surface area contributed by atoms with Crippen LogP contribution in [0.4, 0.5) is 0 Å². The molecule has 4 nitrogen and oxygen atoms in total. The molecule has 1 N–H and O–H groups in total. The van der Waals surface area contributed by atoms with Gasteiger partial charge in [0.2, 0.25) is 11.8 Å². The highest BCUT2D eigenvalue weighted by molar-refractivity contribution is 9.10. The Bertz CT molecular complexity index is 1180. The zero-order valence-electron chi connectivity index (χ0n) is 22.1. The Balaban J connectivity index is 1.56. The van der Waals surface area contributed by atoms with E-state index in [1.165, 1.54) is 12.0 Å². The smallest absolute Gasteiger partial charge is 0.243 e. The molecule has 200 valence electrons. The summed E-state index contributed by atoms with van der Waals surface area (Å²) in [7, 11) is 0. The van der Waals surface area contributed by atoms with Crippen LogP contribution in [-0.2, 0) is 28.3 Å². The number of carbonyl (C=O) groups excluding carboxylic acids is 2. The summed E-state index contributed by atoms with van der Waals surface area (Å²) in [6.07, 6.45) is 6.04. The summed E-state index contributed by atoms with van der Waals surface area (Å²) in [5.41, 5.74) is 4.43. The van der Waals surface area contributed by atoms with E-state index in [0.29, 0.717) is 18.7 Å². The van der Waals surface area contributed by atoms with Crippen LogP contribution in [0.5, 0.6) is 0 Å². The average molecular weight is 594 g/mol. The average Bonchev–Trinajstić information content (AvgIpc) is 2.93. The van der Waals surface area contributed by atoms with Gasteiger partial charge in [0.15, 0.2) is 0 Å². The zero-order chi connectivity index (χ0) is 26.7. The third kappa shape index (κ3) is 8.47. The topological polar surface area (TPSA) is 49.4 Å². The maximum absolute atomic E-state index is 13.8. The van der Waals surface area contributed by atoms with E-state index in [9.17, 15) is 9.59 Å². The minimum absolute atomic E-state index is 0.00455. The van der Waals surface area contributed by atoms with Crippen molar-refractivity contribution in [1.29, 1.82) is 0 Å². The summed E-state index contributed by atoms with van der Waals surface area (Å²) in [6, 6.07) is 26.0. The SMILES string of the molecule is Cc1ccccc1CN(C(=O)CSCc1ccc(Br)cc1)[C@H](Cc1ccccc1)C(=O)NC1CCCCC1. The van der Waals surface area contributed by atoms with Crippen LogP contribution in [-0.4, -0.2) is 34.6 Å². The van der Waals surface area contributed by atoms with Crippen LogP contribution in [0.1, 0.15) is 54.4 Å². The van der Waals surface area contributed by atoms with Gasteiger partial charge in [-0.25, -0.2) is 0 Å². The highest BCUT2D eigenvalue weighted by Crippen LogP contribution is 2.22. The second kappa shape index (κ2) is 14.5. The lowest BCUT2D eigenvalue weighted by Gasteiger charge is -2.34. The van der Waals surface area contributed by atoms with Crippen LogP contribution in [0.15, 0.2) is 83.3 Å². The van der Waals surface area contributed by atoms with Crippen LogP contribution in [0.25, 0.3) is 0 Å². The van der Waals surface area contributed by atoms with Gasteiger partial charge >= 0.3 is 0 Å². The lowest BCUT2D eigenvalue weighted by Crippen LogP contribution is -2.53. The van der Waals surface area contributed by atoms with Gasteiger partial charge in [-0.05, 0) is 54.2 Å². The van der Waals surface area contributed by atoms with E-state index in [1.807, 2.05) is 59.5 Å². The van der Waals surface area contributed by atoms with E-state index in [1.54, 1.807) is 11.8 Å². The lowest BCUT2D eigenvalue weighted by molar-refractivity contribution is -0.139. The van der Waals surface area contributed by atoms with Gasteiger partial charge in [0.25, 0.3) is 0 Å².